The van der Waals surface area contributed by atoms with Crippen LogP contribution in [0.5, 0.6) is 0 Å². The molecule has 0 spiro atoms. The summed E-state index contributed by atoms with van der Waals surface area (Å²) >= 11 is 0. The number of rotatable bonds is 7. The molecule has 120 valence electrons. The van der Waals surface area contributed by atoms with Gasteiger partial charge in [-0.3, -0.25) is 9.78 Å². The number of amides is 1. The number of carbonyl (C=O) groups is 2. The molecular formula is C12H14N3NaO7. The van der Waals surface area contributed by atoms with E-state index < -0.39 is 36.3 Å². The van der Waals surface area contributed by atoms with Crippen LogP contribution in [-0.2, 0) is 4.79 Å². The van der Waals surface area contributed by atoms with Crippen molar-refractivity contribution < 1.29 is 64.7 Å². The van der Waals surface area contributed by atoms with Crippen molar-refractivity contribution in [3.63, 3.8) is 0 Å². The largest absolute Gasteiger partial charge is 1.00 e. The average Bonchev–Trinajstić information content (AvgIpc) is 2.53. The first-order valence-electron chi connectivity index (χ1n) is 6.01. The van der Waals surface area contributed by atoms with Crippen LogP contribution >= 0.6 is 0 Å². The van der Waals surface area contributed by atoms with Crippen molar-refractivity contribution in [3.8, 4) is 0 Å². The Kier molecular flexibility index (Phi) is 9.76. The Morgan fingerprint density at radius 2 is 1.74 bits per heavy atom. The fourth-order valence-electron chi connectivity index (χ4n) is 1.36. The fourth-order valence-corrected chi connectivity index (χ4v) is 1.36. The molecule has 0 radical (unpaired) electrons. The molecule has 1 rings (SSSR count). The molecule has 11 heteroatoms. The van der Waals surface area contributed by atoms with Crippen LogP contribution in [0, 0.1) is 0 Å². The molecule has 0 saturated heterocycles. The monoisotopic (exact) mass is 335 g/mol. The van der Waals surface area contributed by atoms with E-state index in [0.717, 1.165) is 0 Å². The Morgan fingerprint density at radius 1 is 1.17 bits per heavy atom. The Balaban J connectivity index is 0.00000484. The number of hydrogen-bond donors (Lipinski definition) is 5. The average molecular weight is 335 g/mol. The van der Waals surface area contributed by atoms with Crippen LogP contribution in [0.25, 0.3) is 0 Å². The normalized spacial score (nSPS) is 16.0. The number of carboxylic acids is 1. The molecule has 4 atom stereocenters. The van der Waals surface area contributed by atoms with Crippen molar-refractivity contribution in [2.45, 2.75) is 24.4 Å². The van der Waals surface area contributed by atoms with Crippen molar-refractivity contribution in [3.05, 3.63) is 30.1 Å². The number of aliphatic hydroxyl groups excluding tert-OH is 4. The molecule has 0 aliphatic heterocycles. The van der Waals surface area contributed by atoms with Crippen molar-refractivity contribution in [2.24, 2.45) is 5.10 Å². The third-order valence-corrected chi connectivity index (χ3v) is 2.60. The predicted octanol–water partition coefficient (Wildman–Crippen LogP) is -7.01. The molecule has 1 aromatic heterocycles. The third-order valence-electron chi connectivity index (χ3n) is 2.60. The molecule has 0 unspecified atom stereocenters. The summed E-state index contributed by atoms with van der Waals surface area (Å²) in [5, 5.41) is 50.8. The van der Waals surface area contributed by atoms with E-state index in [4.69, 9.17) is 5.11 Å². The summed E-state index contributed by atoms with van der Waals surface area (Å²) < 4.78 is 0. The van der Waals surface area contributed by atoms with Crippen molar-refractivity contribution in [1.29, 1.82) is 0 Å². The summed E-state index contributed by atoms with van der Waals surface area (Å²) in [5.41, 5.74) is 2.28. The molecule has 0 aliphatic rings. The van der Waals surface area contributed by atoms with Gasteiger partial charge in [0.05, 0.1) is 12.2 Å². The van der Waals surface area contributed by atoms with Gasteiger partial charge in [0.2, 0.25) is 0 Å². The number of hydrazone groups is 1. The molecule has 1 aromatic rings. The summed E-state index contributed by atoms with van der Waals surface area (Å²) in [4.78, 5) is 25.6. The number of carbonyl (C=O) groups excluding carboxylic acids is 2. The van der Waals surface area contributed by atoms with Crippen LogP contribution in [-0.4, -0.2) is 67.9 Å². The zero-order valence-electron chi connectivity index (χ0n) is 12.1. The molecule has 0 aromatic carbocycles. The minimum atomic E-state index is -2.38. The molecule has 0 saturated carbocycles. The molecule has 0 aliphatic carbocycles. The predicted molar refractivity (Wildman–Crippen MR) is 69.2 cm³/mol. The van der Waals surface area contributed by atoms with Gasteiger partial charge in [0.1, 0.15) is 24.4 Å². The Morgan fingerprint density at radius 3 is 2.26 bits per heavy atom. The zero-order chi connectivity index (χ0) is 16.7. The number of nitrogens with zero attached hydrogens (tertiary/aromatic N) is 2. The summed E-state index contributed by atoms with van der Waals surface area (Å²) in [6.07, 6.45) is -5.03. The van der Waals surface area contributed by atoms with Crippen molar-refractivity contribution in [1.82, 2.24) is 10.4 Å². The maximum atomic E-state index is 11.6. The summed E-state index contributed by atoms with van der Waals surface area (Å²) in [7, 11) is 0. The van der Waals surface area contributed by atoms with E-state index >= 15 is 0 Å². The standard InChI is InChI=1S/C12H15N3O7.Na/c16-7(8(17)9(18)10(19)12(21)22)5-14-15-11(20)6-1-3-13-4-2-6;/h1-5,7-10,16-19H,(H,15,20)(H,21,22);/q;+1/p-1/b14-5+;/t7-,8+,9-,10-;/m0./s1. The number of aliphatic carboxylic acids is 1. The SMILES string of the molecule is O=C(N/N=C/[C@H](O)[C@@H](O)[C@H](O)[C@H](O)C(=O)[O-])c1ccncc1.[Na+]. The van der Waals surface area contributed by atoms with E-state index in [2.05, 4.69) is 10.1 Å². The van der Waals surface area contributed by atoms with E-state index in [9.17, 15) is 30.0 Å². The van der Waals surface area contributed by atoms with Gasteiger partial charge in [0.25, 0.3) is 5.91 Å². The minimum Gasteiger partial charge on any atom is -0.547 e. The number of aromatic nitrogens is 1. The maximum Gasteiger partial charge on any atom is 1.00 e. The van der Waals surface area contributed by atoms with Crippen LogP contribution < -0.4 is 40.1 Å². The quantitative estimate of drug-likeness (QED) is 0.185. The van der Waals surface area contributed by atoms with Gasteiger partial charge in [-0.2, -0.15) is 5.10 Å². The van der Waals surface area contributed by atoms with E-state index in [-0.39, 0.29) is 35.1 Å². The second kappa shape index (κ2) is 10.4. The van der Waals surface area contributed by atoms with Crippen LogP contribution in [0.3, 0.4) is 0 Å². The van der Waals surface area contributed by atoms with Gasteiger partial charge < -0.3 is 30.3 Å². The topological polar surface area (TPSA) is 175 Å². The van der Waals surface area contributed by atoms with Crippen LogP contribution in [0.15, 0.2) is 29.6 Å². The summed E-state index contributed by atoms with van der Waals surface area (Å²) in [6.45, 7) is 0. The minimum absolute atomic E-state index is 0. The van der Waals surface area contributed by atoms with Gasteiger partial charge in [0.15, 0.2) is 0 Å². The Labute approximate surface area is 152 Å². The first-order chi connectivity index (χ1) is 10.3. The van der Waals surface area contributed by atoms with E-state index in [0.29, 0.717) is 6.21 Å². The molecule has 0 bridgehead atoms. The summed E-state index contributed by atoms with van der Waals surface area (Å²) in [5.74, 6) is -2.63. The number of pyridine rings is 1. The molecule has 23 heavy (non-hydrogen) atoms. The third kappa shape index (κ3) is 6.71. The van der Waals surface area contributed by atoms with E-state index in [1.165, 1.54) is 24.5 Å². The number of hydrogen-bond acceptors (Lipinski definition) is 9. The van der Waals surface area contributed by atoms with E-state index in [1.54, 1.807) is 0 Å². The van der Waals surface area contributed by atoms with Crippen LogP contribution in [0.2, 0.25) is 0 Å². The summed E-state index contributed by atoms with van der Waals surface area (Å²) in [6, 6.07) is 2.83. The van der Waals surface area contributed by atoms with Crippen LogP contribution in [0.4, 0.5) is 0 Å². The number of carboxylic acid groups (broad SMARTS) is 1. The smallest absolute Gasteiger partial charge is 0.547 e. The van der Waals surface area contributed by atoms with Gasteiger partial charge in [-0.1, -0.05) is 0 Å². The molecular weight excluding hydrogens is 321 g/mol. The van der Waals surface area contributed by atoms with Gasteiger partial charge in [-0.25, -0.2) is 5.43 Å². The molecule has 10 nitrogen and oxygen atoms in total. The second-order valence-corrected chi connectivity index (χ2v) is 4.19. The first-order valence-corrected chi connectivity index (χ1v) is 6.01. The molecule has 1 amide bonds. The molecule has 5 N–H and O–H groups in total. The van der Waals surface area contributed by atoms with Crippen molar-refractivity contribution in [2.75, 3.05) is 0 Å². The second-order valence-electron chi connectivity index (χ2n) is 4.19. The van der Waals surface area contributed by atoms with Gasteiger partial charge in [-0.15, -0.1) is 0 Å². The van der Waals surface area contributed by atoms with Gasteiger partial charge in [0, 0.05) is 18.0 Å². The maximum absolute atomic E-state index is 11.6. The Bertz CT molecular complexity index is 543. The zero-order valence-corrected chi connectivity index (χ0v) is 14.1. The molecule has 0 fully saturated rings. The van der Waals surface area contributed by atoms with Crippen molar-refractivity contribution >= 4 is 18.1 Å². The van der Waals surface area contributed by atoms with E-state index in [1.807, 2.05) is 5.43 Å². The van der Waals surface area contributed by atoms with Gasteiger partial charge >= 0.3 is 29.6 Å². The Hall–Kier alpha value is -1.40. The van der Waals surface area contributed by atoms with Gasteiger partial charge in [-0.05, 0) is 12.1 Å². The van der Waals surface area contributed by atoms with Crippen LogP contribution in [0.1, 0.15) is 10.4 Å². The number of aliphatic hydroxyl groups is 4. The first kappa shape index (κ1) is 21.6. The fraction of sp³-hybridized carbons (Fsp3) is 0.333. The molecule has 1 heterocycles. The number of nitrogens with one attached hydrogen (secondary N) is 1.